The van der Waals surface area contributed by atoms with Crippen LogP contribution in [0.15, 0.2) is 0 Å². The lowest BCUT2D eigenvalue weighted by Gasteiger charge is -2.21. The van der Waals surface area contributed by atoms with Gasteiger partial charge in [-0.05, 0) is 6.42 Å². The third-order valence-electron chi connectivity index (χ3n) is 2.06. The summed E-state index contributed by atoms with van der Waals surface area (Å²) in [6.07, 6.45) is 0.414. The SMILES string of the molecule is CCC(C#N)S(=O)(=O)N(CC)CCC#N. The van der Waals surface area contributed by atoms with Crippen LogP contribution < -0.4 is 0 Å². The Balaban J connectivity index is 4.83. The molecule has 0 rings (SSSR count). The van der Waals surface area contributed by atoms with E-state index in [-0.39, 0.29) is 19.4 Å². The van der Waals surface area contributed by atoms with E-state index in [0.29, 0.717) is 6.54 Å². The summed E-state index contributed by atoms with van der Waals surface area (Å²) in [5.41, 5.74) is 0. The Morgan fingerprint density at radius 2 is 1.93 bits per heavy atom. The van der Waals surface area contributed by atoms with Crippen molar-refractivity contribution in [1.82, 2.24) is 4.31 Å². The number of rotatable bonds is 6. The number of sulfonamides is 1. The predicted molar refractivity (Wildman–Crippen MR) is 56.1 cm³/mol. The molecular formula is C9H15N3O2S. The minimum absolute atomic E-state index is 0.148. The Hall–Kier alpha value is -1.11. The van der Waals surface area contributed by atoms with Crippen LogP contribution in [0, 0.1) is 22.7 Å². The zero-order chi connectivity index (χ0) is 11.9. The smallest absolute Gasteiger partial charge is 0.211 e. The zero-order valence-electron chi connectivity index (χ0n) is 8.97. The first-order chi connectivity index (χ1) is 7.04. The minimum Gasteiger partial charge on any atom is -0.211 e. The molecule has 0 aliphatic rings. The van der Waals surface area contributed by atoms with Gasteiger partial charge in [0.25, 0.3) is 0 Å². The molecule has 84 valence electrons. The van der Waals surface area contributed by atoms with Crippen LogP contribution in [0.3, 0.4) is 0 Å². The molecule has 0 aromatic heterocycles. The van der Waals surface area contributed by atoms with Crippen LogP contribution in [-0.4, -0.2) is 31.1 Å². The highest BCUT2D eigenvalue weighted by molar-refractivity contribution is 7.90. The molecule has 5 nitrogen and oxygen atoms in total. The molecule has 0 fully saturated rings. The summed E-state index contributed by atoms with van der Waals surface area (Å²) in [5.74, 6) is 0. The van der Waals surface area contributed by atoms with Crippen LogP contribution in [0.2, 0.25) is 0 Å². The molecule has 0 N–H and O–H groups in total. The average Bonchev–Trinajstić information content (AvgIpc) is 2.20. The first-order valence-corrected chi connectivity index (χ1v) is 6.30. The summed E-state index contributed by atoms with van der Waals surface area (Å²) in [6, 6.07) is 3.66. The first kappa shape index (κ1) is 13.9. The van der Waals surface area contributed by atoms with Crippen molar-refractivity contribution in [2.75, 3.05) is 13.1 Å². The summed E-state index contributed by atoms with van der Waals surface area (Å²) in [4.78, 5) is 0. The molecule has 0 aromatic rings. The summed E-state index contributed by atoms with van der Waals surface area (Å²) >= 11 is 0. The standard InChI is InChI=1S/C9H15N3O2S/c1-3-9(8-11)15(13,14)12(4-2)7-5-6-10/h9H,3-5,7H2,1-2H3. The molecule has 0 aromatic carbocycles. The van der Waals surface area contributed by atoms with E-state index >= 15 is 0 Å². The van der Waals surface area contributed by atoms with Gasteiger partial charge in [-0.2, -0.15) is 10.5 Å². The van der Waals surface area contributed by atoms with Crippen LogP contribution in [0.1, 0.15) is 26.7 Å². The fourth-order valence-electron chi connectivity index (χ4n) is 1.19. The van der Waals surface area contributed by atoms with Gasteiger partial charge >= 0.3 is 0 Å². The lowest BCUT2D eigenvalue weighted by atomic mass is 10.4. The number of hydrogen-bond acceptors (Lipinski definition) is 4. The molecule has 0 spiro atoms. The molecule has 1 unspecified atom stereocenters. The minimum atomic E-state index is -3.56. The van der Waals surface area contributed by atoms with E-state index < -0.39 is 15.3 Å². The predicted octanol–water partition coefficient (Wildman–Crippen LogP) is 0.854. The van der Waals surface area contributed by atoms with Crippen LogP contribution >= 0.6 is 0 Å². The molecule has 0 aliphatic heterocycles. The maximum absolute atomic E-state index is 11.8. The van der Waals surface area contributed by atoms with Gasteiger partial charge in [0, 0.05) is 19.5 Å². The molecule has 15 heavy (non-hydrogen) atoms. The van der Waals surface area contributed by atoms with Crippen LogP contribution in [0.4, 0.5) is 0 Å². The van der Waals surface area contributed by atoms with Crippen LogP contribution in [-0.2, 0) is 10.0 Å². The van der Waals surface area contributed by atoms with E-state index in [0.717, 1.165) is 0 Å². The third kappa shape index (κ3) is 3.50. The van der Waals surface area contributed by atoms with Crippen molar-refractivity contribution in [3.05, 3.63) is 0 Å². The molecular weight excluding hydrogens is 214 g/mol. The largest absolute Gasteiger partial charge is 0.230 e. The topological polar surface area (TPSA) is 85.0 Å². The molecule has 0 heterocycles. The van der Waals surface area contributed by atoms with Gasteiger partial charge in [0.15, 0.2) is 5.25 Å². The highest BCUT2D eigenvalue weighted by Gasteiger charge is 2.29. The summed E-state index contributed by atoms with van der Waals surface area (Å²) < 4.78 is 24.8. The molecule has 0 saturated heterocycles. The lowest BCUT2D eigenvalue weighted by Crippen LogP contribution is -2.38. The van der Waals surface area contributed by atoms with Gasteiger partial charge in [0.2, 0.25) is 10.0 Å². The van der Waals surface area contributed by atoms with Gasteiger partial charge in [-0.25, -0.2) is 12.7 Å². The van der Waals surface area contributed by atoms with Crippen molar-refractivity contribution >= 4 is 10.0 Å². The molecule has 0 amide bonds. The Kier molecular flexibility index (Phi) is 5.92. The summed E-state index contributed by atoms with van der Waals surface area (Å²) in [6.45, 7) is 3.80. The number of nitriles is 2. The van der Waals surface area contributed by atoms with Crippen molar-refractivity contribution in [2.45, 2.75) is 31.9 Å². The Morgan fingerprint density at radius 1 is 1.33 bits per heavy atom. The molecule has 1 atom stereocenters. The zero-order valence-corrected chi connectivity index (χ0v) is 9.79. The summed E-state index contributed by atoms with van der Waals surface area (Å²) in [7, 11) is -3.56. The second-order valence-corrected chi connectivity index (χ2v) is 5.09. The fourth-order valence-corrected chi connectivity index (χ4v) is 2.81. The second-order valence-electron chi connectivity index (χ2n) is 2.97. The fraction of sp³-hybridized carbons (Fsp3) is 0.778. The Bertz CT molecular complexity index is 364. The van der Waals surface area contributed by atoms with Crippen molar-refractivity contribution in [1.29, 1.82) is 10.5 Å². The van der Waals surface area contributed by atoms with E-state index in [4.69, 9.17) is 10.5 Å². The number of hydrogen-bond donors (Lipinski definition) is 0. The van der Waals surface area contributed by atoms with E-state index in [2.05, 4.69) is 0 Å². The van der Waals surface area contributed by atoms with Crippen molar-refractivity contribution in [2.24, 2.45) is 0 Å². The number of nitrogens with zero attached hydrogens (tertiary/aromatic N) is 3. The Morgan fingerprint density at radius 3 is 2.27 bits per heavy atom. The molecule has 0 bridgehead atoms. The van der Waals surface area contributed by atoms with Crippen LogP contribution in [0.5, 0.6) is 0 Å². The lowest BCUT2D eigenvalue weighted by molar-refractivity contribution is 0.430. The van der Waals surface area contributed by atoms with Crippen LogP contribution in [0.25, 0.3) is 0 Å². The van der Waals surface area contributed by atoms with Gasteiger partial charge < -0.3 is 0 Å². The van der Waals surface area contributed by atoms with E-state index in [1.165, 1.54) is 4.31 Å². The second kappa shape index (κ2) is 6.39. The summed E-state index contributed by atoms with van der Waals surface area (Å²) in [5, 5.41) is 16.1. The molecule has 0 radical (unpaired) electrons. The maximum Gasteiger partial charge on any atom is 0.230 e. The third-order valence-corrected chi connectivity index (χ3v) is 4.38. The Labute approximate surface area is 91.0 Å². The average molecular weight is 229 g/mol. The van der Waals surface area contributed by atoms with Gasteiger partial charge in [0.05, 0.1) is 12.1 Å². The first-order valence-electron chi connectivity index (χ1n) is 4.80. The maximum atomic E-state index is 11.8. The van der Waals surface area contributed by atoms with Gasteiger partial charge in [-0.15, -0.1) is 0 Å². The normalized spacial score (nSPS) is 13.1. The highest BCUT2D eigenvalue weighted by atomic mass is 32.2. The van der Waals surface area contributed by atoms with Crippen molar-refractivity contribution < 1.29 is 8.42 Å². The van der Waals surface area contributed by atoms with E-state index in [9.17, 15) is 8.42 Å². The van der Waals surface area contributed by atoms with Gasteiger partial charge in [0.1, 0.15) is 0 Å². The molecule has 6 heteroatoms. The van der Waals surface area contributed by atoms with Crippen molar-refractivity contribution in [3.8, 4) is 12.1 Å². The molecule has 0 aliphatic carbocycles. The highest BCUT2D eigenvalue weighted by Crippen LogP contribution is 2.11. The van der Waals surface area contributed by atoms with E-state index in [1.54, 1.807) is 19.9 Å². The van der Waals surface area contributed by atoms with Gasteiger partial charge in [-0.1, -0.05) is 13.8 Å². The van der Waals surface area contributed by atoms with Crippen molar-refractivity contribution in [3.63, 3.8) is 0 Å². The quantitative estimate of drug-likeness (QED) is 0.676. The van der Waals surface area contributed by atoms with E-state index in [1.807, 2.05) is 6.07 Å². The monoisotopic (exact) mass is 229 g/mol. The molecule has 0 saturated carbocycles. The van der Waals surface area contributed by atoms with Gasteiger partial charge in [-0.3, -0.25) is 0 Å².